The van der Waals surface area contributed by atoms with Crippen LogP contribution in [0.5, 0.6) is 0 Å². The molecule has 2 aromatic rings. The average molecular weight is 194 g/mol. The number of rotatable bonds is 2. The first-order chi connectivity index (χ1) is 6.31. The lowest BCUT2D eigenvalue weighted by atomic mass is 10.4. The summed E-state index contributed by atoms with van der Waals surface area (Å²) in [6, 6.07) is 1.94. The number of aryl methyl sites for hydroxylation is 1. The van der Waals surface area contributed by atoms with Gasteiger partial charge in [-0.25, -0.2) is 4.98 Å². The van der Waals surface area contributed by atoms with E-state index in [9.17, 15) is 0 Å². The second-order valence-corrected chi connectivity index (χ2v) is 3.55. The third-order valence-corrected chi connectivity index (χ3v) is 2.71. The summed E-state index contributed by atoms with van der Waals surface area (Å²) >= 11 is 1.59. The Bertz CT molecular complexity index is 404. The number of thiazole rings is 1. The quantitative estimate of drug-likeness (QED) is 0.776. The summed E-state index contributed by atoms with van der Waals surface area (Å²) in [6.07, 6.45) is 1.76. The molecule has 0 radical (unpaired) electrons. The van der Waals surface area contributed by atoms with Crippen molar-refractivity contribution in [3.63, 3.8) is 0 Å². The SMILES string of the molecule is Cn1nccc1-c1nc(CN)cs1. The highest BCUT2D eigenvalue weighted by molar-refractivity contribution is 7.13. The van der Waals surface area contributed by atoms with Crippen molar-refractivity contribution in [2.75, 3.05) is 0 Å². The van der Waals surface area contributed by atoms with Crippen LogP contribution < -0.4 is 5.73 Å². The Morgan fingerprint density at radius 1 is 1.62 bits per heavy atom. The number of hydrogen-bond acceptors (Lipinski definition) is 4. The fourth-order valence-corrected chi connectivity index (χ4v) is 1.99. The summed E-state index contributed by atoms with van der Waals surface area (Å²) in [6.45, 7) is 0.494. The smallest absolute Gasteiger partial charge is 0.141 e. The van der Waals surface area contributed by atoms with Gasteiger partial charge in [-0.05, 0) is 6.07 Å². The molecule has 4 nitrogen and oxygen atoms in total. The summed E-state index contributed by atoms with van der Waals surface area (Å²) in [7, 11) is 1.90. The summed E-state index contributed by atoms with van der Waals surface area (Å²) in [5, 5.41) is 7.03. The van der Waals surface area contributed by atoms with E-state index in [4.69, 9.17) is 5.73 Å². The van der Waals surface area contributed by atoms with E-state index < -0.39 is 0 Å². The lowest BCUT2D eigenvalue weighted by Crippen LogP contribution is -1.97. The maximum absolute atomic E-state index is 5.48. The molecular weight excluding hydrogens is 184 g/mol. The molecule has 0 saturated carbocycles. The van der Waals surface area contributed by atoms with Crippen LogP contribution in [0.15, 0.2) is 17.6 Å². The highest BCUT2D eigenvalue weighted by Crippen LogP contribution is 2.22. The molecule has 0 atom stereocenters. The molecule has 68 valence electrons. The van der Waals surface area contributed by atoms with E-state index in [1.807, 2.05) is 18.5 Å². The Morgan fingerprint density at radius 3 is 3.00 bits per heavy atom. The first-order valence-electron chi connectivity index (χ1n) is 3.94. The monoisotopic (exact) mass is 194 g/mol. The van der Waals surface area contributed by atoms with Crippen molar-refractivity contribution in [1.29, 1.82) is 0 Å². The van der Waals surface area contributed by atoms with Gasteiger partial charge in [-0.1, -0.05) is 0 Å². The number of aromatic nitrogens is 3. The van der Waals surface area contributed by atoms with Crippen LogP contribution in [0.1, 0.15) is 5.69 Å². The third-order valence-electron chi connectivity index (χ3n) is 1.80. The zero-order valence-electron chi connectivity index (χ0n) is 7.27. The molecule has 0 amide bonds. The van der Waals surface area contributed by atoms with E-state index >= 15 is 0 Å². The van der Waals surface area contributed by atoms with Crippen LogP contribution in [0.3, 0.4) is 0 Å². The number of nitrogens with two attached hydrogens (primary N) is 1. The topological polar surface area (TPSA) is 56.7 Å². The Hall–Kier alpha value is -1.20. The van der Waals surface area contributed by atoms with E-state index in [0.717, 1.165) is 16.4 Å². The van der Waals surface area contributed by atoms with Crippen LogP contribution in [0, 0.1) is 0 Å². The maximum atomic E-state index is 5.48. The van der Waals surface area contributed by atoms with Crippen molar-refractivity contribution >= 4 is 11.3 Å². The van der Waals surface area contributed by atoms with Crippen LogP contribution in [0.2, 0.25) is 0 Å². The number of hydrogen-bond donors (Lipinski definition) is 1. The molecule has 2 rings (SSSR count). The zero-order chi connectivity index (χ0) is 9.26. The van der Waals surface area contributed by atoms with Gasteiger partial charge in [-0.3, -0.25) is 4.68 Å². The Labute approximate surface area is 80.0 Å². The number of nitrogens with zero attached hydrogens (tertiary/aromatic N) is 3. The minimum Gasteiger partial charge on any atom is -0.325 e. The van der Waals surface area contributed by atoms with Gasteiger partial charge in [0.1, 0.15) is 5.01 Å². The maximum Gasteiger partial charge on any atom is 0.141 e. The van der Waals surface area contributed by atoms with E-state index in [1.54, 1.807) is 22.2 Å². The normalized spacial score (nSPS) is 10.6. The third kappa shape index (κ3) is 1.48. The molecule has 0 aromatic carbocycles. The van der Waals surface area contributed by atoms with Crippen molar-refractivity contribution in [3.05, 3.63) is 23.3 Å². The first-order valence-corrected chi connectivity index (χ1v) is 4.82. The van der Waals surface area contributed by atoms with Crippen LogP contribution in [-0.4, -0.2) is 14.8 Å². The minimum absolute atomic E-state index is 0.494. The van der Waals surface area contributed by atoms with Crippen LogP contribution >= 0.6 is 11.3 Å². The summed E-state index contributed by atoms with van der Waals surface area (Å²) in [4.78, 5) is 4.36. The fraction of sp³-hybridized carbons (Fsp3) is 0.250. The standard InChI is InChI=1S/C8H10N4S/c1-12-7(2-3-10-12)8-11-6(4-9)5-13-8/h2-3,5H,4,9H2,1H3. The van der Waals surface area contributed by atoms with Gasteiger partial charge < -0.3 is 5.73 Å². The molecule has 0 spiro atoms. The predicted octanol–water partition coefficient (Wildman–Crippen LogP) is 1.00. The molecule has 0 fully saturated rings. The van der Waals surface area contributed by atoms with E-state index in [-0.39, 0.29) is 0 Å². The molecule has 0 aliphatic carbocycles. The average Bonchev–Trinajstić information content (AvgIpc) is 2.71. The molecule has 2 heterocycles. The van der Waals surface area contributed by atoms with Gasteiger partial charge in [0.2, 0.25) is 0 Å². The molecule has 2 N–H and O–H groups in total. The highest BCUT2D eigenvalue weighted by Gasteiger charge is 2.06. The molecule has 0 saturated heterocycles. The highest BCUT2D eigenvalue weighted by atomic mass is 32.1. The van der Waals surface area contributed by atoms with Gasteiger partial charge in [0, 0.05) is 25.2 Å². The van der Waals surface area contributed by atoms with Crippen molar-refractivity contribution in [1.82, 2.24) is 14.8 Å². The molecular formula is C8H10N4S. The Balaban J connectivity index is 2.41. The second-order valence-electron chi connectivity index (χ2n) is 2.69. The van der Waals surface area contributed by atoms with Gasteiger partial charge in [-0.2, -0.15) is 5.10 Å². The molecule has 0 aliphatic heterocycles. The Morgan fingerprint density at radius 2 is 2.46 bits per heavy atom. The summed E-state index contributed by atoms with van der Waals surface area (Å²) in [5.74, 6) is 0. The van der Waals surface area contributed by atoms with Crippen molar-refractivity contribution in [2.24, 2.45) is 12.8 Å². The first kappa shape index (κ1) is 8.40. The minimum atomic E-state index is 0.494. The molecule has 0 unspecified atom stereocenters. The van der Waals surface area contributed by atoms with Crippen LogP contribution in [0.25, 0.3) is 10.7 Å². The van der Waals surface area contributed by atoms with Gasteiger partial charge in [0.15, 0.2) is 0 Å². The van der Waals surface area contributed by atoms with Gasteiger partial charge in [0.25, 0.3) is 0 Å². The van der Waals surface area contributed by atoms with Crippen molar-refractivity contribution < 1.29 is 0 Å². The molecule has 0 aliphatic rings. The second kappa shape index (κ2) is 3.27. The van der Waals surface area contributed by atoms with Gasteiger partial charge in [-0.15, -0.1) is 11.3 Å². The summed E-state index contributed by atoms with van der Waals surface area (Å²) < 4.78 is 1.80. The largest absolute Gasteiger partial charge is 0.325 e. The van der Waals surface area contributed by atoms with E-state index in [2.05, 4.69) is 10.1 Å². The van der Waals surface area contributed by atoms with Crippen LogP contribution in [0.4, 0.5) is 0 Å². The molecule has 13 heavy (non-hydrogen) atoms. The zero-order valence-corrected chi connectivity index (χ0v) is 8.08. The predicted molar refractivity (Wildman–Crippen MR) is 52.2 cm³/mol. The lowest BCUT2D eigenvalue weighted by molar-refractivity contribution is 0.774. The lowest BCUT2D eigenvalue weighted by Gasteiger charge is -1.95. The Kier molecular flexibility index (Phi) is 2.12. The van der Waals surface area contributed by atoms with Gasteiger partial charge in [0.05, 0.1) is 11.4 Å². The molecule has 2 aromatic heterocycles. The van der Waals surface area contributed by atoms with Gasteiger partial charge >= 0.3 is 0 Å². The molecule has 0 bridgehead atoms. The molecule has 5 heteroatoms. The summed E-state index contributed by atoms with van der Waals surface area (Å²) in [5.41, 5.74) is 7.44. The van der Waals surface area contributed by atoms with Crippen molar-refractivity contribution in [3.8, 4) is 10.7 Å². The van der Waals surface area contributed by atoms with E-state index in [0.29, 0.717) is 6.54 Å². The fourth-order valence-electron chi connectivity index (χ4n) is 1.10. The van der Waals surface area contributed by atoms with E-state index in [1.165, 1.54) is 0 Å². The van der Waals surface area contributed by atoms with Crippen molar-refractivity contribution in [2.45, 2.75) is 6.54 Å². The van der Waals surface area contributed by atoms with Crippen LogP contribution in [-0.2, 0) is 13.6 Å².